The number of rotatable bonds is 10. The van der Waals surface area contributed by atoms with E-state index in [2.05, 4.69) is 11.9 Å². The summed E-state index contributed by atoms with van der Waals surface area (Å²) in [6.45, 7) is 3.60. The predicted octanol–water partition coefficient (Wildman–Crippen LogP) is 3.81. The number of carbonyl (C=O) groups excluding carboxylic acids is 1. The van der Waals surface area contributed by atoms with Crippen molar-refractivity contribution < 1.29 is 27.9 Å². The fraction of sp³-hybridized carbons (Fsp3) is 0.412. The molecule has 0 saturated heterocycles. The van der Waals surface area contributed by atoms with Crippen LogP contribution in [0.1, 0.15) is 48.9 Å². The maximum Gasteiger partial charge on any atom is 0.326 e. The SMILES string of the molecule is C=CCCCCCC[C@H](NC(=O)c1c(F)cc(F)cc1F)C(=O)O. The van der Waals surface area contributed by atoms with Crippen LogP contribution in [0, 0.1) is 17.5 Å². The Hall–Kier alpha value is -2.31. The first-order valence-corrected chi connectivity index (χ1v) is 7.66. The Morgan fingerprint density at radius 3 is 2.25 bits per heavy atom. The third-order valence-corrected chi connectivity index (χ3v) is 3.49. The number of nitrogens with one attached hydrogen (secondary N) is 1. The number of carboxylic acids is 1. The van der Waals surface area contributed by atoms with Crippen molar-refractivity contribution in [3.63, 3.8) is 0 Å². The summed E-state index contributed by atoms with van der Waals surface area (Å²) in [7, 11) is 0. The lowest BCUT2D eigenvalue weighted by Crippen LogP contribution is -2.41. The summed E-state index contributed by atoms with van der Waals surface area (Å²) in [6, 6.07) is -0.526. The van der Waals surface area contributed by atoms with E-state index in [1.165, 1.54) is 0 Å². The van der Waals surface area contributed by atoms with Crippen LogP contribution in [0.2, 0.25) is 0 Å². The minimum Gasteiger partial charge on any atom is -0.480 e. The number of benzene rings is 1. The highest BCUT2D eigenvalue weighted by atomic mass is 19.1. The van der Waals surface area contributed by atoms with Crippen LogP contribution in [0.3, 0.4) is 0 Å². The van der Waals surface area contributed by atoms with Gasteiger partial charge in [-0.3, -0.25) is 4.79 Å². The molecule has 1 aromatic carbocycles. The number of amides is 1. The maximum absolute atomic E-state index is 13.5. The van der Waals surface area contributed by atoms with Gasteiger partial charge >= 0.3 is 5.97 Å². The largest absolute Gasteiger partial charge is 0.480 e. The Balaban J connectivity index is 2.63. The fourth-order valence-electron chi connectivity index (χ4n) is 2.24. The normalized spacial score (nSPS) is 11.8. The standard InChI is InChI=1S/C17H20F3NO3/c1-2-3-4-5-6-7-8-14(17(23)24)21-16(22)15-12(19)9-11(18)10-13(15)20/h2,9-10,14H,1,3-8H2,(H,21,22)(H,23,24)/t14-/m0/s1. The number of hydrogen-bond acceptors (Lipinski definition) is 2. The number of hydrogen-bond donors (Lipinski definition) is 2. The summed E-state index contributed by atoms with van der Waals surface area (Å²) in [5, 5.41) is 11.2. The van der Waals surface area contributed by atoms with Crippen LogP contribution in [-0.4, -0.2) is 23.0 Å². The van der Waals surface area contributed by atoms with Crippen LogP contribution < -0.4 is 5.32 Å². The molecule has 4 nitrogen and oxygen atoms in total. The van der Waals surface area contributed by atoms with Crippen LogP contribution in [0.15, 0.2) is 24.8 Å². The Bertz CT molecular complexity index is 582. The second kappa shape index (κ2) is 9.75. The lowest BCUT2D eigenvalue weighted by Gasteiger charge is -2.15. The molecule has 0 aliphatic rings. The number of carboxylic acid groups (broad SMARTS) is 1. The van der Waals surface area contributed by atoms with Crippen LogP contribution in [0.4, 0.5) is 13.2 Å². The van der Waals surface area contributed by atoms with Crippen molar-refractivity contribution in [2.45, 2.75) is 44.6 Å². The van der Waals surface area contributed by atoms with Crippen molar-refractivity contribution in [2.24, 2.45) is 0 Å². The van der Waals surface area contributed by atoms with Crippen molar-refractivity contribution in [1.82, 2.24) is 5.32 Å². The van der Waals surface area contributed by atoms with Gasteiger partial charge in [-0.15, -0.1) is 6.58 Å². The number of carbonyl (C=O) groups is 2. The van der Waals surface area contributed by atoms with Crippen LogP contribution >= 0.6 is 0 Å². The Morgan fingerprint density at radius 2 is 1.71 bits per heavy atom. The van der Waals surface area contributed by atoms with Crippen LogP contribution in [0.5, 0.6) is 0 Å². The summed E-state index contributed by atoms with van der Waals surface area (Å²) < 4.78 is 39.9. The minimum atomic E-state index is -1.38. The van der Waals surface area contributed by atoms with Crippen molar-refractivity contribution in [3.05, 3.63) is 47.8 Å². The quantitative estimate of drug-likeness (QED) is 0.501. The topological polar surface area (TPSA) is 66.4 Å². The predicted molar refractivity (Wildman–Crippen MR) is 83.1 cm³/mol. The lowest BCUT2D eigenvalue weighted by molar-refractivity contribution is -0.139. The van der Waals surface area contributed by atoms with Gasteiger partial charge in [0.1, 0.15) is 29.1 Å². The first-order valence-electron chi connectivity index (χ1n) is 7.66. The van der Waals surface area contributed by atoms with Crippen molar-refractivity contribution in [1.29, 1.82) is 0 Å². The molecule has 0 saturated carbocycles. The van der Waals surface area contributed by atoms with E-state index in [1.54, 1.807) is 6.08 Å². The summed E-state index contributed by atoms with van der Waals surface area (Å²) in [5.74, 6) is -6.42. The van der Waals surface area contributed by atoms with E-state index in [0.29, 0.717) is 18.6 Å². The monoisotopic (exact) mass is 343 g/mol. The molecule has 0 bridgehead atoms. The number of halogens is 3. The van der Waals surface area contributed by atoms with Gasteiger partial charge < -0.3 is 10.4 Å². The zero-order chi connectivity index (χ0) is 18.1. The number of unbranched alkanes of at least 4 members (excludes halogenated alkanes) is 4. The summed E-state index contributed by atoms with van der Waals surface area (Å²) in [4.78, 5) is 23.1. The summed E-state index contributed by atoms with van der Waals surface area (Å²) >= 11 is 0. The summed E-state index contributed by atoms with van der Waals surface area (Å²) in [6.07, 6.45) is 5.97. The van der Waals surface area contributed by atoms with Gasteiger partial charge in [-0.1, -0.05) is 25.3 Å². The zero-order valence-electron chi connectivity index (χ0n) is 13.2. The van der Waals surface area contributed by atoms with Crippen molar-refractivity contribution >= 4 is 11.9 Å². The fourth-order valence-corrected chi connectivity index (χ4v) is 2.24. The molecule has 24 heavy (non-hydrogen) atoms. The average Bonchev–Trinajstić information content (AvgIpc) is 2.48. The van der Waals surface area contributed by atoms with E-state index >= 15 is 0 Å². The highest BCUT2D eigenvalue weighted by Gasteiger charge is 2.24. The van der Waals surface area contributed by atoms with Gasteiger partial charge in [-0.05, 0) is 19.3 Å². The molecule has 132 valence electrons. The molecule has 0 unspecified atom stereocenters. The third kappa shape index (κ3) is 6.06. The van der Waals surface area contributed by atoms with Crippen LogP contribution in [-0.2, 0) is 4.79 Å². The third-order valence-electron chi connectivity index (χ3n) is 3.49. The molecule has 0 fully saturated rings. The lowest BCUT2D eigenvalue weighted by atomic mass is 10.1. The molecule has 1 aromatic rings. The molecule has 1 rings (SSSR count). The van der Waals surface area contributed by atoms with Gasteiger partial charge in [-0.2, -0.15) is 0 Å². The minimum absolute atomic E-state index is 0.138. The molecule has 0 heterocycles. The molecular formula is C17H20F3NO3. The number of allylic oxidation sites excluding steroid dienone is 1. The van der Waals surface area contributed by atoms with E-state index in [9.17, 15) is 22.8 Å². The van der Waals surface area contributed by atoms with E-state index < -0.39 is 40.9 Å². The smallest absolute Gasteiger partial charge is 0.326 e. The molecule has 1 amide bonds. The van der Waals surface area contributed by atoms with E-state index in [0.717, 1.165) is 25.7 Å². The van der Waals surface area contributed by atoms with Gasteiger partial charge in [-0.25, -0.2) is 18.0 Å². The molecule has 0 aliphatic carbocycles. The average molecular weight is 343 g/mol. The highest BCUT2D eigenvalue weighted by molar-refractivity contribution is 5.97. The maximum atomic E-state index is 13.5. The van der Waals surface area contributed by atoms with Crippen molar-refractivity contribution in [2.75, 3.05) is 0 Å². The molecule has 1 atom stereocenters. The Labute approximate surface area is 138 Å². The second-order valence-corrected chi connectivity index (χ2v) is 5.39. The molecule has 0 aliphatic heterocycles. The van der Waals surface area contributed by atoms with Gasteiger partial charge in [0.2, 0.25) is 0 Å². The van der Waals surface area contributed by atoms with Gasteiger partial charge in [0.25, 0.3) is 5.91 Å². The molecule has 0 aromatic heterocycles. The van der Waals surface area contributed by atoms with E-state index in [1.807, 2.05) is 0 Å². The van der Waals surface area contributed by atoms with Crippen molar-refractivity contribution in [3.8, 4) is 0 Å². The molecule has 0 radical (unpaired) electrons. The molecule has 7 heteroatoms. The van der Waals surface area contributed by atoms with Crippen LogP contribution in [0.25, 0.3) is 0 Å². The summed E-state index contributed by atoms with van der Waals surface area (Å²) in [5.41, 5.74) is -0.992. The highest BCUT2D eigenvalue weighted by Crippen LogP contribution is 2.15. The Kier molecular flexibility index (Phi) is 8.01. The van der Waals surface area contributed by atoms with E-state index in [4.69, 9.17) is 5.11 Å². The van der Waals surface area contributed by atoms with Gasteiger partial charge in [0.05, 0.1) is 0 Å². The molecule has 2 N–H and O–H groups in total. The zero-order valence-corrected chi connectivity index (χ0v) is 13.2. The van der Waals surface area contributed by atoms with Gasteiger partial charge in [0.15, 0.2) is 0 Å². The Morgan fingerprint density at radius 1 is 1.12 bits per heavy atom. The second-order valence-electron chi connectivity index (χ2n) is 5.39. The van der Waals surface area contributed by atoms with E-state index in [-0.39, 0.29) is 6.42 Å². The van der Waals surface area contributed by atoms with Gasteiger partial charge in [0, 0.05) is 12.1 Å². The molecule has 0 spiro atoms. The first-order chi connectivity index (χ1) is 11.4. The molecular weight excluding hydrogens is 323 g/mol. The number of aliphatic carboxylic acids is 1. The first kappa shape index (κ1) is 19.7.